The zero-order chi connectivity index (χ0) is 13.9. The monoisotopic (exact) mass is 278 g/mol. The van der Waals surface area contributed by atoms with Gasteiger partial charge in [-0.25, -0.2) is 0 Å². The van der Waals surface area contributed by atoms with Crippen LogP contribution >= 0.6 is 0 Å². The molecule has 8 atom stereocenters. The number of hydrogen-bond acceptors (Lipinski definition) is 3. The fourth-order valence-electron chi connectivity index (χ4n) is 6.91. The molecule has 0 amide bonds. The van der Waals surface area contributed by atoms with Gasteiger partial charge in [-0.15, -0.1) is 0 Å². The third-order valence-corrected chi connectivity index (χ3v) is 7.25. The summed E-state index contributed by atoms with van der Waals surface area (Å²) in [4.78, 5) is 11.6. The topological polar surface area (TPSA) is 46.5 Å². The molecule has 3 nitrogen and oxygen atoms in total. The summed E-state index contributed by atoms with van der Waals surface area (Å²) < 4.78 is 4.88. The van der Waals surface area contributed by atoms with Crippen molar-refractivity contribution in [3.05, 3.63) is 0 Å². The van der Waals surface area contributed by atoms with Crippen molar-refractivity contribution < 1.29 is 14.6 Å². The fourth-order valence-corrected chi connectivity index (χ4v) is 6.91. The Morgan fingerprint density at radius 3 is 2.35 bits per heavy atom. The highest BCUT2D eigenvalue weighted by molar-refractivity contribution is 5.69. The molecule has 0 heterocycles. The molecule has 4 aliphatic rings. The SMILES string of the molecule is COC(=O)CC1CC2CC1C1C3CC(CC3CCO)C21. The first kappa shape index (κ1) is 13.1. The summed E-state index contributed by atoms with van der Waals surface area (Å²) >= 11 is 0. The van der Waals surface area contributed by atoms with Crippen LogP contribution in [0.15, 0.2) is 0 Å². The zero-order valence-corrected chi connectivity index (χ0v) is 12.3. The number of esters is 1. The summed E-state index contributed by atoms with van der Waals surface area (Å²) in [6.45, 7) is 0.352. The van der Waals surface area contributed by atoms with Crippen molar-refractivity contribution in [1.82, 2.24) is 0 Å². The van der Waals surface area contributed by atoms with Crippen molar-refractivity contribution in [2.24, 2.45) is 47.3 Å². The van der Waals surface area contributed by atoms with E-state index in [1.165, 1.54) is 32.8 Å². The van der Waals surface area contributed by atoms with E-state index in [-0.39, 0.29) is 5.97 Å². The highest BCUT2D eigenvalue weighted by atomic mass is 16.5. The van der Waals surface area contributed by atoms with Gasteiger partial charge in [0, 0.05) is 13.0 Å². The maximum atomic E-state index is 11.6. The van der Waals surface area contributed by atoms with Crippen molar-refractivity contribution in [3.63, 3.8) is 0 Å². The Balaban J connectivity index is 1.50. The molecule has 8 unspecified atom stereocenters. The molecule has 3 heteroatoms. The highest BCUT2D eigenvalue weighted by Gasteiger charge is 2.64. The van der Waals surface area contributed by atoms with Gasteiger partial charge in [-0.1, -0.05) is 0 Å². The average molecular weight is 278 g/mol. The molecular weight excluding hydrogens is 252 g/mol. The Labute approximate surface area is 121 Å². The normalized spacial score (nSPS) is 51.5. The van der Waals surface area contributed by atoms with E-state index in [0.29, 0.717) is 18.9 Å². The van der Waals surface area contributed by atoms with E-state index in [1.807, 2.05) is 0 Å². The average Bonchev–Trinajstić information content (AvgIpc) is 3.15. The Bertz CT molecular complexity index is 407. The molecule has 0 spiro atoms. The second-order valence-electron chi connectivity index (χ2n) is 7.76. The number of carbonyl (C=O) groups is 1. The number of hydrogen-bond donors (Lipinski definition) is 1. The van der Waals surface area contributed by atoms with Gasteiger partial charge >= 0.3 is 5.97 Å². The number of aliphatic hydroxyl groups excluding tert-OH is 1. The van der Waals surface area contributed by atoms with E-state index < -0.39 is 0 Å². The summed E-state index contributed by atoms with van der Waals surface area (Å²) in [5.41, 5.74) is 0. The molecule has 112 valence electrons. The van der Waals surface area contributed by atoms with Crippen LogP contribution in [-0.2, 0) is 9.53 Å². The fraction of sp³-hybridized carbons (Fsp3) is 0.941. The lowest BCUT2D eigenvalue weighted by molar-refractivity contribution is -0.142. The van der Waals surface area contributed by atoms with E-state index in [2.05, 4.69) is 0 Å². The number of rotatable bonds is 4. The summed E-state index contributed by atoms with van der Waals surface area (Å²) in [5.74, 6) is 6.64. The molecule has 1 N–H and O–H groups in total. The second kappa shape index (κ2) is 4.72. The van der Waals surface area contributed by atoms with Gasteiger partial charge in [0.25, 0.3) is 0 Å². The summed E-state index contributed by atoms with van der Waals surface area (Å²) in [6, 6.07) is 0. The van der Waals surface area contributed by atoms with Gasteiger partial charge in [0.15, 0.2) is 0 Å². The number of fused-ring (bicyclic) bond motifs is 9. The van der Waals surface area contributed by atoms with Crippen LogP contribution < -0.4 is 0 Å². The molecule has 0 aliphatic heterocycles. The minimum absolute atomic E-state index is 0.0193. The van der Waals surface area contributed by atoms with Crippen molar-refractivity contribution in [2.75, 3.05) is 13.7 Å². The van der Waals surface area contributed by atoms with Gasteiger partial charge in [0.2, 0.25) is 0 Å². The predicted octanol–water partition coefficient (Wildman–Crippen LogP) is 2.48. The molecule has 4 rings (SSSR count). The summed E-state index contributed by atoms with van der Waals surface area (Å²) in [6.07, 6.45) is 7.08. The highest BCUT2D eigenvalue weighted by Crippen LogP contribution is 2.70. The molecule has 4 saturated carbocycles. The van der Waals surface area contributed by atoms with E-state index >= 15 is 0 Å². The zero-order valence-electron chi connectivity index (χ0n) is 12.3. The largest absolute Gasteiger partial charge is 0.469 e. The van der Waals surface area contributed by atoms with Gasteiger partial charge in [0.05, 0.1) is 7.11 Å². The Hall–Kier alpha value is -0.570. The van der Waals surface area contributed by atoms with Crippen LogP contribution in [0.5, 0.6) is 0 Å². The van der Waals surface area contributed by atoms with Gasteiger partial charge < -0.3 is 9.84 Å². The second-order valence-corrected chi connectivity index (χ2v) is 7.76. The van der Waals surface area contributed by atoms with E-state index in [9.17, 15) is 9.90 Å². The Kier molecular flexibility index (Phi) is 3.10. The Morgan fingerprint density at radius 2 is 1.70 bits per heavy atom. The van der Waals surface area contributed by atoms with E-state index in [4.69, 9.17) is 4.74 Å². The third kappa shape index (κ3) is 1.71. The van der Waals surface area contributed by atoms with Crippen LogP contribution in [0, 0.1) is 47.3 Å². The van der Waals surface area contributed by atoms with Crippen LogP contribution in [0.1, 0.15) is 38.5 Å². The number of carbonyl (C=O) groups excluding carboxylic acids is 1. The molecule has 0 saturated heterocycles. The lowest BCUT2D eigenvalue weighted by Crippen LogP contribution is -2.36. The minimum atomic E-state index is -0.0193. The number of aliphatic hydroxyl groups is 1. The maximum Gasteiger partial charge on any atom is 0.305 e. The molecule has 4 fully saturated rings. The van der Waals surface area contributed by atoms with E-state index in [1.54, 1.807) is 0 Å². The molecule has 0 aromatic carbocycles. The summed E-state index contributed by atoms with van der Waals surface area (Å²) in [7, 11) is 1.51. The lowest BCUT2D eigenvalue weighted by Gasteiger charge is -2.41. The Morgan fingerprint density at radius 1 is 1.05 bits per heavy atom. The quantitative estimate of drug-likeness (QED) is 0.635. The molecule has 4 bridgehead atoms. The van der Waals surface area contributed by atoms with Gasteiger partial charge in [-0.3, -0.25) is 4.79 Å². The van der Waals surface area contributed by atoms with Gasteiger partial charge in [0.1, 0.15) is 0 Å². The minimum Gasteiger partial charge on any atom is -0.469 e. The standard InChI is InChI=1S/C17H26O3/c1-20-15(19)8-10-5-12-7-14(10)17-13-6-11(16(12)17)4-9(13)2-3-18/h9-14,16-18H,2-8H2,1H3. The van der Waals surface area contributed by atoms with Crippen molar-refractivity contribution in [3.8, 4) is 0 Å². The van der Waals surface area contributed by atoms with Crippen molar-refractivity contribution in [2.45, 2.75) is 38.5 Å². The van der Waals surface area contributed by atoms with E-state index in [0.717, 1.165) is 47.8 Å². The lowest BCUT2D eigenvalue weighted by atomic mass is 9.64. The van der Waals surface area contributed by atoms with Crippen LogP contribution in [0.4, 0.5) is 0 Å². The van der Waals surface area contributed by atoms with Crippen molar-refractivity contribution in [1.29, 1.82) is 0 Å². The summed E-state index contributed by atoms with van der Waals surface area (Å²) in [5, 5.41) is 9.27. The third-order valence-electron chi connectivity index (χ3n) is 7.25. The molecular formula is C17H26O3. The van der Waals surface area contributed by atoms with Gasteiger partial charge in [-0.05, 0) is 79.4 Å². The molecule has 0 aromatic heterocycles. The smallest absolute Gasteiger partial charge is 0.305 e. The number of ether oxygens (including phenoxy) is 1. The predicted molar refractivity (Wildman–Crippen MR) is 74.7 cm³/mol. The first-order valence-electron chi connectivity index (χ1n) is 8.40. The van der Waals surface area contributed by atoms with Crippen LogP contribution in [0.3, 0.4) is 0 Å². The first-order valence-corrected chi connectivity index (χ1v) is 8.40. The molecule has 0 radical (unpaired) electrons. The molecule has 20 heavy (non-hydrogen) atoms. The molecule has 4 aliphatic carbocycles. The molecule has 0 aromatic rings. The number of methoxy groups -OCH3 is 1. The van der Waals surface area contributed by atoms with Crippen molar-refractivity contribution >= 4 is 5.97 Å². The van der Waals surface area contributed by atoms with Crippen LogP contribution in [0.2, 0.25) is 0 Å². The first-order chi connectivity index (χ1) is 9.72. The maximum absolute atomic E-state index is 11.6. The van der Waals surface area contributed by atoms with Gasteiger partial charge in [-0.2, -0.15) is 0 Å². The van der Waals surface area contributed by atoms with Crippen LogP contribution in [-0.4, -0.2) is 24.8 Å². The van der Waals surface area contributed by atoms with Crippen LogP contribution in [0.25, 0.3) is 0 Å².